The second-order valence-electron chi connectivity index (χ2n) is 5.89. The van der Waals surface area contributed by atoms with Crippen molar-refractivity contribution in [1.82, 2.24) is 0 Å². The molecule has 1 aromatic carbocycles. The number of phenols is 1. The van der Waals surface area contributed by atoms with Crippen LogP contribution in [-0.2, 0) is 4.79 Å². The van der Waals surface area contributed by atoms with Crippen LogP contribution in [0.5, 0.6) is 5.75 Å². The summed E-state index contributed by atoms with van der Waals surface area (Å²) < 4.78 is 0. The van der Waals surface area contributed by atoms with E-state index in [-0.39, 0.29) is 5.78 Å². The topological polar surface area (TPSA) is 37.3 Å². The summed E-state index contributed by atoms with van der Waals surface area (Å²) in [6.07, 6.45) is 9.13. The van der Waals surface area contributed by atoms with Crippen LogP contribution in [0.15, 0.2) is 29.4 Å². The van der Waals surface area contributed by atoms with Gasteiger partial charge in [0.05, 0.1) is 0 Å². The van der Waals surface area contributed by atoms with E-state index in [2.05, 4.69) is 13.0 Å². The molecule has 0 aromatic heterocycles. The van der Waals surface area contributed by atoms with E-state index in [4.69, 9.17) is 0 Å². The molecule has 0 radical (unpaired) electrons. The molecule has 0 aliphatic heterocycles. The molecule has 0 heterocycles. The predicted octanol–water partition coefficient (Wildman–Crippen LogP) is 4.87. The predicted molar refractivity (Wildman–Crippen MR) is 87.4 cm³/mol. The third-order valence-electron chi connectivity index (χ3n) is 4.06. The number of benzene rings is 1. The molecule has 0 spiro atoms. The molecule has 1 aliphatic carbocycles. The highest BCUT2D eigenvalue weighted by molar-refractivity contribution is 6.13. The Hall–Kier alpha value is -1.83. The van der Waals surface area contributed by atoms with Crippen LogP contribution in [0.3, 0.4) is 0 Å². The number of unbranched alkanes of at least 4 members (excludes halogenated alkanes) is 2. The third-order valence-corrected chi connectivity index (χ3v) is 4.06. The Morgan fingerprint density at radius 1 is 1.19 bits per heavy atom. The van der Waals surface area contributed by atoms with Crippen molar-refractivity contribution < 1.29 is 9.90 Å². The van der Waals surface area contributed by atoms with Gasteiger partial charge in [0.15, 0.2) is 5.78 Å². The van der Waals surface area contributed by atoms with Gasteiger partial charge in [-0.2, -0.15) is 0 Å². The normalized spacial score (nSPS) is 16.6. The number of carbonyl (C=O) groups is 1. The van der Waals surface area contributed by atoms with Crippen molar-refractivity contribution in [2.24, 2.45) is 0 Å². The van der Waals surface area contributed by atoms with Crippen LogP contribution in [0.2, 0.25) is 0 Å². The summed E-state index contributed by atoms with van der Waals surface area (Å²) in [4.78, 5) is 12.4. The van der Waals surface area contributed by atoms with Gasteiger partial charge in [-0.25, -0.2) is 0 Å². The monoisotopic (exact) mass is 284 g/mol. The van der Waals surface area contributed by atoms with Gasteiger partial charge in [0.25, 0.3) is 0 Å². The molecule has 0 fully saturated rings. The molecule has 0 amide bonds. The van der Waals surface area contributed by atoms with E-state index in [1.54, 1.807) is 0 Å². The van der Waals surface area contributed by atoms with Gasteiger partial charge in [-0.3, -0.25) is 4.79 Å². The number of rotatable bonds is 5. The SMILES string of the molecule is CCCCCC1=CC/C(=C\c2cc(C)c(O)c(C)c2)C1=O. The Bertz CT molecular complexity index is 583. The fraction of sp³-hybridized carbons (Fsp3) is 0.421. The lowest BCUT2D eigenvalue weighted by Gasteiger charge is -2.06. The number of aromatic hydroxyl groups is 1. The minimum Gasteiger partial charge on any atom is -0.507 e. The van der Waals surface area contributed by atoms with Gasteiger partial charge in [-0.05, 0) is 73.6 Å². The summed E-state index contributed by atoms with van der Waals surface area (Å²) in [6, 6.07) is 3.86. The molecule has 112 valence electrons. The summed E-state index contributed by atoms with van der Waals surface area (Å²) >= 11 is 0. The minimum atomic E-state index is 0.203. The molecule has 2 heteroatoms. The molecule has 2 nitrogen and oxygen atoms in total. The second kappa shape index (κ2) is 6.75. The fourth-order valence-electron chi connectivity index (χ4n) is 2.80. The van der Waals surface area contributed by atoms with Crippen LogP contribution in [0.1, 0.15) is 55.7 Å². The number of hydrogen-bond acceptors (Lipinski definition) is 2. The van der Waals surface area contributed by atoms with Gasteiger partial charge < -0.3 is 5.11 Å². The first-order valence-corrected chi connectivity index (χ1v) is 7.77. The van der Waals surface area contributed by atoms with Crippen molar-refractivity contribution in [3.63, 3.8) is 0 Å². The van der Waals surface area contributed by atoms with Crippen molar-refractivity contribution >= 4 is 11.9 Å². The van der Waals surface area contributed by atoms with E-state index in [1.807, 2.05) is 32.1 Å². The highest BCUT2D eigenvalue weighted by Crippen LogP contribution is 2.29. The van der Waals surface area contributed by atoms with Gasteiger partial charge in [-0.1, -0.05) is 25.8 Å². The maximum Gasteiger partial charge on any atom is 0.185 e. The maximum absolute atomic E-state index is 12.4. The van der Waals surface area contributed by atoms with Crippen molar-refractivity contribution in [2.75, 3.05) is 0 Å². The number of phenolic OH excluding ortho intramolecular Hbond substituents is 1. The maximum atomic E-state index is 12.4. The highest BCUT2D eigenvalue weighted by Gasteiger charge is 2.20. The first-order valence-electron chi connectivity index (χ1n) is 7.77. The van der Waals surface area contributed by atoms with Crippen molar-refractivity contribution in [3.8, 4) is 5.75 Å². The number of allylic oxidation sites excluding steroid dienone is 3. The van der Waals surface area contributed by atoms with Crippen LogP contribution < -0.4 is 0 Å². The van der Waals surface area contributed by atoms with Crippen LogP contribution >= 0.6 is 0 Å². The third kappa shape index (κ3) is 3.63. The summed E-state index contributed by atoms with van der Waals surface area (Å²) in [5.74, 6) is 0.544. The molecular weight excluding hydrogens is 260 g/mol. The van der Waals surface area contributed by atoms with E-state index in [0.29, 0.717) is 5.75 Å². The number of Topliss-reactive ketones (excluding diaryl/α,β-unsaturated/α-hetero) is 1. The molecule has 0 atom stereocenters. The molecule has 1 aromatic rings. The van der Waals surface area contributed by atoms with Crippen molar-refractivity contribution in [2.45, 2.75) is 52.9 Å². The van der Waals surface area contributed by atoms with Gasteiger partial charge >= 0.3 is 0 Å². The Balaban J connectivity index is 2.12. The smallest absolute Gasteiger partial charge is 0.185 e. The summed E-state index contributed by atoms with van der Waals surface area (Å²) in [6.45, 7) is 5.94. The molecule has 0 saturated heterocycles. The highest BCUT2D eigenvalue weighted by atomic mass is 16.3. The Kier molecular flexibility index (Phi) is 5.00. The molecule has 2 rings (SSSR count). The quantitative estimate of drug-likeness (QED) is 0.618. The lowest BCUT2D eigenvalue weighted by atomic mass is 10.0. The van der Waals surface area contributed by atoms with Crippen LogP contribution in [0.4, 0.5) is 0 Å². The first-order chi connectivity index (χ1) is 10.0. The van der Waals surface area contributed by atoms with Crippen LogP contribution in [-0.4, -0.2) is 10.9 Å². The molecule has 0 bridgehead atoms. The van der Waals surface area contributed by atoms with Gasteiger partial charge in [0.2, 0.25) is 0 Å². The van der Waals surface area contributed by atoms with Crippen molar-refractivity contribution in [3.05, 3.63) is 46.0 Å². The average Bonchev–Trinajstić information content (AvgIpc) is 2.78. The largest absolute Gasteiger partial charge is 0.507 e. The van der Waals surface area contributed by atoms with Gasteiger partial charge in [0.1, 0.15) is 5.75 Å². The number of ketones is 1. The lowest BCUT2D eigenvalue weighted by molar-refractivity contribution is -0.112. The molecule has 0 unspecified atom stereocenters. The molecule has 0 saturated carbocycles. The first kappa shape index (κ1) is 15.6. The van der Waals surface area contributed by atoms with Crippen molar-refractivity contribution in [1.29, 1.82) is 0 Å². The van der Waals surface area contributed by atoms with E-state index in [1.165, 1.54) is 12.8 Å². The second-order valence-corrected chi connectivity index (χ2v) is 5.89. The summed E-state index contributed by atoms with van der Waals surface area (Å²) in [5.41, 5.74) is 4.54. The lowest BCUT2D eigenvalue weighted by Crippen LogP contribution is -1.99. The Morgan fingerprint density at radius 2 is 1.86 bits per heavy atom. The van der Waals surface area contributed by atoms with Crippen LogP contribution in [0.25, 0.3) is 6.08 Å². The summed E-state index contributed by atoms with van der Waals surface area (Å²) in [7, 11) is 0. The zero-order chi connectivity index (χ0) is 15.4. The molecule has 1 aliphatic rings. The van der Waals surface area contributed by atoms with E-state index in [9.17, 15) is 9.90 Å². The van der Waals surface area contributed by atoms with E-state index in [0.717, 1.165) is 47.1 Å². The van der Waals surface area contributed by atoms with Gasteiger partial charge in [-0.15, -0.1) is 0 Å². The zero-order valence-electron chi connectivity index (χ0n) is 13.2. The van der Waals surface area contributed by atoms with E-state index < -0.39 is 0 Å². The van der Waals surface area contributed by atoms with Crippen LogP contribution in [0, 0.1) is 13.8 Å². The fourth-order valence-corrected chi connectivity index (χ4v) is 2.80. The zero-order valence-corrected chi connectivity index (χ0v) is 13.2. The molecule has 21 heavy (non-hydrogen) atoms. The Morgan fingerprint density at radius 3 is 2.48 bits per heavy atom. The molecule has 1 N–H and O–H groups in total. The summed E-state index contributed by atoms with van der Waals surface area (Å²) in [5, 5.41) is 9.81. The van der Waals surface area contributed by atoms with E-state index >= 15 is 0 Å². The standard InChI is InChI=1S/C19H24O2/c1-4-5-6-7-16-8-9-17(19(16)21)12-15-10-13(2)18(20)14(3)11-15/h8,10-12,20H,4-7,9H2,1-3H3/b17-12+. The minimum absolute atomic E-state index is 0.203. The Labute approximate surface area is 127 Å². The molecular formula is C19H24O2. The number of hydrogen-bond donors (Lipinski definition) is 1. The average molecular weight is 284 g/mol. The number of aryl methyl sites for hydroxylation is 2. The number of carbonyl (C=O) groups excluding carboxylic acids is 1. The van der Waals surface area contributed by atoms with Gasteiger partial charge in [0, 0.05) is 5.57 Å².